The van der Waals surface area contributed by atoms with Crippen LogP contribution < -0.4 is 14.8 Å². The van der Waals surface area contributed by atoms with Gasteiger partial charge in [-0.2, -0.15) is 5.10 Å². The lowest BCUT2D eigenvalue weighted by molar-refractivity contribution is -0.115. The highest BCUT2D eigenvalue weighted by molar-refractivity contribution is 5.92. The normalized spacial score (nSPS) is 10.2. The highest BCUT2D eigenvalue weighted by atomic mass is 16.5. The highest BCUT2D eigenvalue weighted by Crippen LogP contribution is 2.27. The number of anilines is 1. The van der Waals surface area contributed by atoms with Gasteiger partial charge in [-0.15, -0.1) is 0 Å². The van der Waals surface area contributed by atoms with E-state index in [1.54, 1.807) is 43.4 Å². The summed E-state index contributed by atoms with van der Waals surface area (Å²) in [5, 5.41) is 6.93. The lowest BCUT2D eigenvalue weighted by Gasteiger charge is -2.09. The number of hydrogen-bond acceptors (Lipinski definition) is 4. The first-order valence-corrected chi connectivity index (χ1v) is 6.69. The maximum absolute atomic E-state index is 12.0. The molecule has 0 unspecified atom stereocenters. The minimum absolute atomic E-state index is 0.0992. The van der Waals surface area contributed by atoms with Crippen molar-refractivity contribution in [3.8, 4) is 11.5 Å². The maximum Gasteiger partial charge on any atom is 0.228 e. The zero-order chi connectivity index (χ0) is 15.2. The monoisotopic (exact) mass is 289 g/mol. The average molecular weight is 289 g/mol. The second kappa shape index (κ2) is 6.78. The summed E-state index contributed by atoms with van der Waals surface area (Å²) in [6.07, 6.45) is 3.69. The Morgan fingerprint density at radius 3 is 2.67 bits per heavy atom. The third-order valence-electron chi connectivity index (χ3n) is 3.05. The van der Waals surface area contributed by atoms with Crippen LogP contribution in [-0.2, 0) is 17.8 Å². The van der Waals surface area contributed by atoms with Gasteiger partial charge in [-0.25, -0.2) is 0 Å². The zero-order valence-corrected chi connectivity index (χ0v) is 12.4. The van der Waals surface area contributed by atoms with Crippen LogP contribution in [0, 0.1) is 0 Å². The van der Waals surface area contributed by atoms with Crippen molar-refractivity contribution in [2.45, 2.75) is 19.9 Å². The lowest BCUT2D eigenvalue weighted by atomic mass is 10.1. The largest absolute Gasteiger partial charge is 0.493 e. The number of methoxy groups -OCH3 is 2. The van der Waals surface area contributed by atoms with Crippen LogP contribution in [0.3, 0.4) is 0 Å². The molecule has 0 atom stereocenters. The van der Waals surface area contributed by atoms with Crippen LogP contribution in [0.4, 0.5) is 5.69 Å². The third kappa shape index (κ3) is 3.75. The van der Waals surface area contributed by atoms with Crippen molar-refractivity contribution in [3.05, 3.63) is 36.2 Å². The molecule has 0 bridgehead atoms. The van der Waals surface area contributed by atoms with Crippen LogP contribution in [0.25, 0.3) is 0 Å². The number of aryl methyl sites for hydroxylation is 1. The summed E-state index contributed by atoms with van der Waals surface area (Å²) in [5.74, 6) is 1.16. The van der Waals surface area contributed by atoms with E-state index in [1.165, 1.54) is 0 Å². The van der Waals surface area contributed by atoms with Gasteiger partial charge in [0.15, 0.2) is 11.5 Å². The molecule has 2 rings (SSSR count). The lowest BCUT2D eigenvalue weighted by Crippen LogP contribution is -2.14. The van der Waals surface area contributed by atoms with Crippen LogP contribution in [-0.4, -0.2) is 29.9 Å². The first kappa shape index (κ1) is 14.9. The molecule has 0 fully saturated rings. The molecule has 0 saturated carbocycles. The summed E-state index contributed by atoms with van der Waals surface area (Å²) in [4.78, 5) is 12.0. The number of hydrogen-bond donors (Lipinski definition) is 1. The topological polar surface area (TPSA) is 65.4 Å². The number of carbonyl (C=O) groups excluding carboxylic acids is 1. The molecule has 0 aliphatic carbocycles. The quantitative estimate of drug-likeness (QED) is 0.884. The van der Waals surface area contributed by atoms with Gasteiger partial charge in [0.1, 0.15) is 0 Å². The van der Waals surface area contributed by atoms with Gasteiger partial charge in [-0.1, -0.05) is 6.07 Å². The Hall–Kier alpha value is -2.50. The van der Waals surface area contributed by atoms with Gasteiger partial charge < -0.3 is 14.8 Å². The molecular formula is C15H19N3O3. The van der Waals surface area contributed by atoms with Gasteiger partial charge in [0, 0.05) is 12.7 Å². The highest BCUT2D eigenvalue weighted by Gasteiger charge is 2.09. The molecule has 0 aliphatic heterocycles. The van der Waals surface area contributed by atoms with Crippen molar-refractivity contribution >= 4 is 11.6 Å². The zero-order valence-electron chi connectivity index (χ0n) is 12.4. The fraction of sp³-hybridized carbons (Fsp3) is 0.333. The molecule has 2 aromatic rings. The van der Waals surface area contributed by atoms with Gasteiger partial charge in [-0.05, 0) is 24.6 Å². The van der Waals surface area contributed by atoms with E-state index in [4.69, 9.17) is 9.47 Å². The Morgan fingerprint density at radius 2 is 2.05 bits per heavy atom. The van der Waals surface area contributed by atoms with Crippen molar-refractivity contribution in [2.24, 2.45) is 0 Å². The fourth-order valence-electron chi connectivity index (χ4n) is 1.98. The van der Waals surface area contributed by atoms with Gasteiger partial charge in [0.2, 0.25) is 5.91 Å². The number of carbonyl (C=O) groups is 1. The van der Waals surface area contributed by atoms with E-state index in [9.17, 15) is 4.79 Å². The molecule has 6 heteroatoms. The summed E-state index contributed by atoms with van der Waals surface area (Å²) in [7, 11) is 3.15. The number of benzene rings is 1. The molecule has 0 radical (unpaired) electrons. The van der Waals surface area contributed by atoms with Crippen LogP contribution in [0.1, 0.15) is 12.5 Å². The molecule has 0 aliphatic rings. The van der Waals surface area contributed by atoms with Crippen molar-refractivity contribution in [1.82, 2.24) is 9.78 Å². The van der Waals surface area contributed by atoms with E-state index in [0.717, 1.165) is 12.1 Å². The van der Waals surface area contributed by atoms with Crippen LogP contribution in [0.2, 0.25) is 0 Å². The summed E-state index contributed by atoms with van der Waals surface area (Å²) in [6, 6.07) is 5.43. The van der Waals surface area contributed by atoms with E-state index < -0.39 is 0 Å². The second-order valence-corrected chi connectivity index (χ2v) is 4.50. The number of rotatable bonds is 6. The van der Waals surface area contributed by atoms with E-state index in [2.05, 4.69) is 10.4 Å². The molecule has 6 nitrogen and oxygen atoms in total. The Bertz CT molecular complexity index is 622. The van der Waals surface area contributed by atoms with Crippen LogP contribution in [0.5, 0.6) is 11.5 Å². The molecule has 1 N–H and O–H groups in total. The molecule has 112 valence electrons. The summed E-state index contributed by atoms with van der Waals surface area (Å²) in [6.45, 7) is 2.76. The van der Waals surface area contributed by atoms with Gasteiger partial charge >= 0.3 is 0 Å². The molecule has 21 heavy (non-hydrogen) atoms. The van der Waals surface area contributed by atoms with Crippen molar-refractivity contribution < 1.29 is 14.3 Å². The standard InChI is InChI=1S/C15H19N3O3/c1-4-18-10-12(9-16-18)17-15(19)8-11-5-6-13(20-2)14(7-11)21-3/h5-7,9-10H,4,8H2,1-3H3,(H,17,19). The Balaban J connectivity index is 2.02. The van der Waals surface area contributed by atoms with Crippen molar-refractivity contribution in [2.75, 3.05) is 19.5 Å². The minimum atomic E-state index is -0.0992. The predicted molar refractivity (Wildman–Crippen MR) is 79.8 cm³/mol. The first-order chi connectivity index (χ1) is 10.2. The smallest absolute Gasteiger partial charge is 0.228 e. The van der Waals surface area contributed by atoms with E-state index in [-0.39, 0.29) is 12.3 Å². The SMILES string of the molecule is CCn1cc(NC(=O)Cc2ccc(OC)c(OC)c2)cn1. The van der Waals surface area contributed by atoms with Gasteiger partial charge in [0.05, 0.1) is 32.5 Å². The van der Waals surface area contributed by atoms with Gasteiger partial charge in [0.25, 0.3) is 0 Å². The van der Waals surface area contributed by atoms with Crippen molar-refractivity contribution in [1.29, 1.82) is 0 Å². The minimum Gasteiger partial charge on any atom is -0.493 e. The number of amides is 1. The Labute approximate surface area is 123 Å². The third-order valence-corrected chi connectivity index (χ3v) is 3.05. The predicted octanol–water partition coefficient (Wildman–Crippen LogP) is 2.10. The number of ether oxygens (including phenoxy) is 2. The number of nitrogens with one attached hydrogen (secondary N) is 1. The first-order valence-electron chi connectivity index (χ1n) is 6.69. The summed E-state index contributed by atoms with van der Waals surface area (Å²) >= 11 is 0. The maximum atomic E-state index is 12.0. The summed E-state index contributed by atoms with van der Waals surface area (Å²) < 4.78 is 12.2. The fourth-order valence-corrected chi connectivity index (χ4v) is 1.98. The Kier molecular flexibility index (Phi) is 4.81. The van der Waals surface area contributed by atoms with Crippen LogP contribution in [0.15, 0.2) is 30.6 Å². The van der Waals surface area contributed by atoms with Crippen LogP contribution >= 0.6 is 0 Å². The molecule has 0 spiro atoms. The Morgan fingerprint density at radius 1 is 1.29 bits per heavy atom. The number of aromatic nitrogens is 2. The molecule has 1 aromatic carbocycles. The number of nitrogens with zero attached hydrogens (tertiary/aromatic N) is 2. The van der Waals surface area contributed by atoms with Gasteiger partial charge in [-0.3, -0.25) is 9.48 Å². The van der Waals surface area contributed by atoms with E-state index in [1.807, 2.05) is 13.0 Å². The van der Waals surface area contributed by atoms with E-state index >= 15 is 0 Å². The molecule has 1 aromatic heterocycles. The molecular weight excluding hydrogens is 270 g/mol. The molecule has 1 heterocycles. The average Bonchev–Trinajstić information content (AvgIpc) is 2.94. The second-order valence-electron chi connectivity index (χ2n) is 4.50. The van der Waals surface area contributed by atoms with E-state index in [0.29, 0.717) is 17.2 Å². The van der Waals surface area contributed by atoms with Crippen molar-refractivity contribution in [3.63, 3.8) is 0 Å². The summed E-state index contributed by atoms with van der Waals surface area (Å²) in [5.41, 5.74) is 1.55. The molecule has 1 amide bonds. The molecule has 0 saturated heterocycles.